The van der Waals surface area contributed by atoms with E-state index < -0.39 is 0 Å². The van der Waals surface area contributed by atoms with E-state index in [1.54, 1.807) is 0 Å². The smallest absolute Gasteiger partial charge is 0.243 e. The molecule has 0 aliphatic carbocycles. The van der Waals surface area contributed by atoms with Crippen LogP contribution in [0.15, 0.2) is 24.3 Å². The molecule has 2 N–H and O–H groups in total. The third kappa shape index (κ3) is 5.36. The molecule has 1 amide bonds. The number of amides is 1. The van der Waals surface area contributed by atoms with Gasteiger partial charge in [-0.25, -0.2) is 0 Å². The lowest BCUT2D eigenvalue weighted by Crippen LogP contribution is -2.48. The van der Waals surface area contributed by atoms with Crippen molar-refractivity contribution in [3.63, 3.8) is 0 Å². The predicted octanol–water partition coefficient (Wildman–Crippen LogP) is 2.04. The summed E-state index contributed by atoms with van der Waals surface area (Å²) in [4.78, 5) is 12.0. The van der Waals surface area contributed by atoms with Crippen molar-refractivity contribution in [2.75, 3.05) is 31.7 Å². The van der Waals surface area contributed by atoms with E-state index in [-0.39, 0.29) is 11.9 Å². The van der Waals surface area contributed by atoms with Crippen LogP contribution in [0.2, 0.25) is 0 Å². The Labute approximate surface area is 126 Å². The summed E-state index contributed by atoms with van der Waals surface area (Å²) < 4.78 is 10.9. The molecule has 0 aromatic heterocycles. The van der Waals surface area contributed by atoms with Gasteiger partial charge in [-0.1, -0.05) is 13.8 Å². The molecule has 0 unspecified atom stereocenters. The summed E-state index contributed by atoms with van der Waals surface area (Å²) in [6.45, 7) is 6.85. The Balaban J connectivity index is 1.80. The molecule has 1 aromatic carbocycles. The highest BCUT2D eigenvalue weighted by atomic mass is 16.5. The van der Waals surface area contributed by atoms with Crippen LogP contribution in [-0.2, 0) is 9.53 Å². The van der Waals surface area contributed by atoms with Crippen LogP contribution in [0.4, 0.5) is 5.69 Å². The normalized spacial score (nSPS) is 18.5. The van der Waals surface area contributed by atoms with Gasteiger partial charge in [-0.15, -0.1) is 0 Å². The van der Waals surface area contributed by atoms with Crippen LogP contribution < -0.4 is 15.4 Å². The van der Waals surface area contributed by atoms with Gasteiger partial charge in [-0.05, 0) is 36.6 Å². The van der Waals surface area contributed by atoms with Crippen molar-refractivity contribution in [2.24, 2.45) is 5.92 Å². The van der Waals surface area contributed by atoms with E-state index in [1.807, 2.05) is 24.3 Å². The Bertz CT molecular complexity index is 439. The van der Waals surface area contributed by atoms with E-state index in [0.717, 1.165) is 17.9 Å². The second-order valence-electron chi connectivity index (χ2n) is 5.63. The fourth-order valence-corrected chi connectivity index (χ4v) is 2.01. The molecule has 5 heteroatoms. The van der Waals surface area contributed by atoms with E-state index in [0.29, 0.717) is 32.3 Å². The quantitative estimate of drug-likeness (QED) is 0.842. The zero-order valence-corrected chi connectivity index (χ0v) is 12.7. The van der Waals surface area contributed by atoms with Crippen LogP contribution in [0.25, 0.3) is 0 Å². The van der Waals surface area contributed by atoms with E-state index >= 15 is 0 Å². The number of nitrogens with one attached hydrogen (secondary N) is 2. The van der Waals surface area contributed by atoms with Crippen LogP contribution in [0.3, 0.4) is 0 Å². The minimum absolute atomic E-state index is 0.0665. The van der Waals surface area contributed by atoms with Crippen molar-refractivity contribution in [3.8, 4) is 5.75 Å². The van der Waals surface area contributed by atoms with Gasteiger partial charge >= 0.3 is 0 Å². The minimum atomic E-state index is -0.277. The van der Waals surface area contributed by atoms with Gasteiger partial charge in [0.2, 0.25) is 5.91 Å². The van der Waals surface area contributed by atoms with Gasteiger partial charge in [-0.2, -0.15) is 0 Å². The van der Waals surface area contributed by atoms with Crippen LogP contribution in [0.5, 0.6) is 5.75 Å². The first-order valence-electron chi connectivity index (χ1n) is 7.50. The maximum absolute atomic E-state index is 12.0. The fraction of sp³-hybridized carbons (Fsp3) is 0.562. The molecule has 1 aliphatic rings. The highest BCUT2D eigenvalue weighted by molar-refractivity contribution is 5.95. The van der Waals surface area contributed by atoms with Crippen molar-refractivity contribution in [1.29, 1.82) is 0 Å². The van der Waals surface area contributed by atoms with Crippen molar-refractivity contribution in [1.82, 2.24) is 5.32 Å². The van der Waals surface area contributed by atoms with Crippen LogP contribution in [0.1, 0.15) is 20.3 Å². The third-order valence-electron chi connectivity index (χ3n) is 3.32. The topological polar surface area (TPSA) is 59.6 Å². The number of rotatable bonds is 6. The van der Waals surface area contributed by atoms with Gasteiger partial charge in [0.15, 0.2) is 0 Å². The molecular formula is C16H24N2O3. The Morgan fingerprint density at radius 3 is 2.81 bits per heavy atom. The fourth-order valence-electron chi connectivity index (χ4n) is 2.01. The summed E-state index contributed by atoms with van der Waals surface area (Å²) in [7, 11) is 0. The zero-order chi connectivity index (χ0) is 15.1. The van der Waals surface area contributed by atoms with Crippen molar-refractivity contribution < 1.29 is 14.3 Å². The Morgan fingerprint density at radius 1 is 1.43 bits per heavy atom. The molecule has 1 heterocycles. The summed E-state index contributed by atoms with van der Waals surface area (Å²) in [6, 6.07) is 7.18. The lowest BCUT2D eigenvalue weighted by molar-refractivity contribution is -0.120. The lowest BCUT2D eigenvalue weighted by Gasteiger charge is -2.22. The SMILES string of the molecule is CC(C)CCOc1ccc(NC(=O)[C@@H]2COCCN2)cc1. The van der Waals surface area contributed by atoms with Gasteiger partial charge in [-0.3, -0.25) is 4.79 Å². The Hall–Kier alpha value is -1.59. The van der Waals surface area contributed by atoms with Gasteiger partial charge in [0, 0.05) is 12.2 Å². The maximum Gasteiger partial charge on any atom is 0.243 e. The molecule has 1 saturated heterocycles. The summed E-state index contributed by atoms with van der Waals surface area (Å²) in [5.74, 6) is 1.39. The summed E-state index contributed by atoms with van der Waals surface area (Å²) in [5.41, 5.74) is 0.767. The average Bonchev–Trinajstić information content (AvgIpc) is 2.49. The number of anilines is 1. The molecule has 2 rings (SSSR count). The molecule has 0 radical (unpaired) electrons. The van der Waals surface area contributed by atoms with Crippen LogP contribution >= 0.6 is 0 Å². The van der Waals surface area contributed by atoms with Crippen molar-refractivity contribution >= 4 is 11.6 Å². The van der Waals surface area contributed by atoms with Gasteiger partial charge < -0.3 is 20.1 Å². The van der Waals surface area contributed by atoms with Crippen LogP contribution in [0, 0.1) is 5.92 Å². The molecule has 0 bridgehead atoms. The second-order valence-corrected chi connectivity index (χ2v) is 5.63. The van der Waals surface area contributed by atoms with Gasteiger partial charge in [0.25, 0.3) is 0 Å². The molecule has 116 valence electrons. The molecule has 1 aromatic rings. The third-order valence-corrected chi connectivity index (χ3v) is 3.32. The van der Waals surface area contributed by atoms with E-state index in [9.17, 15) is 4.79 Å². The first-order valence-corrected chi connectivity index (χ1v) is 7.50. The second kappa shape index (κ2) is 8.00. The number of hydrogen-bond donors (Lipinski definition) is 2. The Morgan fingerprint density at radius 2 is 2.19 bits per heavy atom. The number of morpholine rings is 1. The van der Waals surface area contributed by atoms with E-state index in [4.69, 9.17) is 9.47 Å². The highest BCUT2D eigenvalue weighted by Crippen LogP contribution is 2.16. The molecule has 21 heavy (non-hydrogen) atoms. The molecule has 0 spiro atoms. The number of ether oxygens (including phenoxy) is 2. The lowest BCUT2D eigenvalue weighted by atomic mass is 10.1. The monoisotopic (exact) mass is 292 g/mol. The number of carbonyl (C=O) groups excluding carboxylic acids is 1. The highest BCUT2D eigenvalue weighted by Gasteiger charge is 2.20. The van der Waals surface area contributed by atoms with E-state index in [2.05, 4.69) is 24.5 Å². The molecule has 5 nitrogen and oxygen atoms in total. The van der Waals surface area contributed by atoms with Gasteiger partial charge in [0.05, 0.1) is 19.8 Å². The first-order chi connectivity index (χ1) is 10.1. The first kappa shape index (κ1) is 15.8. The Kier molecular flexibility index (Phi) is 6.02. The molecule has 1 aliphatic heterocycles. The predicted molar refractivity (Wildman–Crippen MR) is 82.6 cm³/mol. The maximum atomic E-state index is 12.0. The van der Waals surface area contributed by atoms with Crippen molar-refractivity contribution in [3.05, 3.63) is 24.3 Å². The summed E-state index contributed by atoms with van der Waals surface area (Å²) >= 11 is 0. The molecule has 0 saturated carbocycles. The van der Waals surface area contributed by atoms with Gasteiger partial charge in [0.1, 0.15) is 11.8 Å². The molecular weight excluding hydrogens is 268 g/mol. The average molecular weight is 292 g/mol. The summed E-state index contributed by atoms with van der Waals surface area (Å²) in [5, 5.41) is 6.00. The number of hydrogen-bond acceptors (Lipinski definition) is 4. The number of benzene rings is 1. The minimum Gasteiger partial charge on any atom is -0.494 e. The zero-order valence-electron chi connectivity index (χ0n) is 12.7. The summed E-state index contributed by atoms with van der Waals surface area (Å²) in [6.07, 6.45) is 1.03. The molecule has 1 fully saturated rings. The van der Waals surface area contributed by atoms with Crippen molar-refractivity contribution in [2.45, 2.75) is 26.3 Å². The molecule has 1 atom stereocenters. The standard InChI is InChI=1S/C16H24N2O3/c1-12(2)7-9-21-14-5-3-13(4-6-14)18-16(19)15-11-20-10-8-17-15/h3-6,12,15,17H,7-11H2,1-2H3,(H,18,19)/t15-/m0/s1. The van der Waals surface area contributed by atoms with E-state index in [1.165, 1.54) is 0 Å². The largest absolute Gasteiger partial charge is 0.494 e. The van der Waals surface area contributed by atoms with Crippen LogP contribution in [-0.4, -0.2) is 38.3 Å². The number of carbonyl (C=O) groups is 1.